The molecule has 2 heterocycles. The second-order valence-electron chi connectivity index (χ2n) is 5.62. The molecule has 0 fully saturated rings. The topological polar surface area (TPSA) is 102 Å². The standard InChI is InChI=1S/C18H18N4O4S/c1-2-13-8-14-17(27-13)20-11-22(18(14)25)21-15(23)9-19-16(24)10-26-12-6-4-3-5-7-12/h3-8,11H,2,9-10H2,1H3,(H,19,24)(H,21,23). The van der Waals surface area contributed by atoms with Crippen molar-refractivity contribution in [1.29, 1.82) is 0 Å². The molecule has 3 aromatic rings. The third kappa shape index (κ3) is 4.70. The lowest BCUT2D eigenvalue weighted by Crippen LogP contribution is -2.40. The number of aryl methyl sites for hydroxylation is 1. The molecule has 8 nitrogen and oxygen atoms in total. The fraction of sp³-hybridized carbons (Fsp3) is 0.222. The highest BCUT2D eigenvalue weighted by molar-refractivity contribution is 7.18. The first-order valence-electron chi connectivity index (χ1n) is 8.31. The van der Waals surface area contributed by atoms with Crippen molar-refractivity contribution in [3.8, 4) is 5.75 Å². The van der Waals surface area contributed by atoms with Crippen LogP contribution in [0.15, 0.2) is 47.5 Å². The Labute approximate surface area is 158 Å². The molecular formula is C18H18N4O4S. The monoisotopic (exact) mass is 386 g/mol. The van der Waals surface area contributed by atoms with Gasteiger partial charge in [-0.05, 0) is 24.6 Å². The summed E-state index contributed by atoms with van der Waals surface area (Å²) < 4.78 is 6.31. The highest BCUT2D eigenvalue weighted by Crippen LogP contribution is 2.20. The van der Waals surface area contributed by atoms with Crippen LogP contribution in [0.4, 0.5) is 0 Å². The van der Waals surface area contributed by atoms with Gasteiger partial charge in [0.1, 0.15) is 16.9 Å². The van der Waals surface area contributed by atoms with Gasteiger partial charge in [-0.15, -0.1) is 11.3 Å². The lowest BCUT2D eigenvalue weighted by molar-refractivity contribution is -0.125. The Morgan fingerprint density at radius 1 is 1.22 bits per heavy atom. The fourth-order valence-corrected chi connectivity index (χ4v) is 3.22. The fourth-order valence-electron chi connectivity index (χ4n) is 2.30. The number of hydrogen-bond donors (Lipinski definition) is 2. The highest BCUT2D eigenvalue weighted by atomic mass is 32.1. The summed E-state index contributed by atoms with van der Waals surface area (Å²) in [6.07, 6.45) is 2.07. The number of nitrogens with zero attached hydrogens (tertiary/aromatic N) is 2. The van der Waals surface area contributed by atoms with Crippen molar-refractivity contribution < 1.29 is 14.3 Å². The van der Waals surface area contributed by atoms with Crippen molar-refractivity contribution in [2.75, 3.05) is 18.6 Å². The summed E-state index contributed by atoms with van der Waals surface area (Å²) in [7, 11) is 0. The van der Waals surface area contributed by atoms with Crippen molar-refractivity contribution >= 4 is 33.4 Å². The van der Waals surface area contributed by atoms with Crippen LogP contribution in [0.5, 0.6) is 5.75 Å². The van der Waals surface area contributed by atoms with E-state index in [1.807, 2.05) is 13.0 Å². The van der Waals surface area contributed by atoms with Gasteiger partial charge in [0.2, 0.25) is 0 Å². The summed E-state index contributed by atoms with van der Waals surface area (Å²) in [6, 6.07) is 10.7. The molecule has 2 aromatic heterocycles. The minimum atomic E-state index is -0.544. The lowest BCUT2D eigenvalue weighted by atomic mass is 10.3. The van der Waals surface area contributed by atoms with Gasteiger partial charge in [-0.3, -0.25) is 19.8 Å². The summed E-state index contributed by atoms with van der Waals surface area (Å²) in [5, 5.41) is 2.89. The maximum absolute atomic E-state index is 12.4. The Morgan fingerprint density at radius 2 is 2.00 bits per heavy atom. The highest BCUT2D eigenvalue weighted by Gasteiger charge is 2.11. The second kappa shape index (κ2) is 8.45. The zero-order valence-electron chi connectivity index (χ0n) is 14.6. The molecule has 0 aliphatic heterocycles. The van der Waals surface area contributed by atoms with Gasteiger partial charge in [-0.25, -0.2) is 9.66 Å². The first kappa shape index (κ1) is 18.6. The molecule has 0 saturated carbocycles. The first-order chi connectivity index (χ1) is 13.1. The molecule has 0 unspecified atom stereocenters. The van der Waals surface area contributed by atoms with E-state index < -0.39 is 11.8 Å². The van der Waals surface area contributed by atoms with E-state index >= 15 is 0 Å². The largest absolute Gasteiger partial charge is 0.484 e. The summed E-state index contributed by atoms with van der Waals surface area (Å²) in [6.45, 7) is 1.50. The summed E-state index contributed by atoms with van der Waals surface area (Å²) in [5.74, 6) is -0.428. The smallest absolute Gasteiger partial charge is 0.280 e. The van der Waals surface area contributed by atoms with Crippen LogP contribution in [0.3, 0.4) is 0 Å². The third-order valence-corrected chi connectivity index (χ3v) is 4.84. The van der Waals surface area contributed by atoms with Gasteiger partial charge in [-0.2, -0.15) is 0 Å². The average molecular weight is 386 g/mol. The quantitative estimate of drug-likeness (QED) is 0.637. The number of thiophene rings is 1. The first-order valence-corrected chi connectivity index (χ1v) is 9.13. The Kier molecular flexibility index (Phi) is 5.82. The van der Waals surface area contributed by atoms with Crippen LogP contribution in [0.1, 0.15) is 11.8 Å². The molecule has 0 radical (unpaired) electrons. The minimum Gasteiger partial charge on any atom is -0.484 e. The van der Waals surface area contributed by atoms with Crippen LogP contribution >= 0.6 is 11.3 Å². The van der Waals surface area contributed by atoms with Gasteiger partial charge in [0, 0.05) is 4.88 Å². The van der Waals surface area contributed by atoms with Crippen LogP contribution in [0.2, 0.25) is 0 Å². The number of nitrogens with one attached hydrogen (secondary N) is 2. The maximum atomic E-state index is 12.4. The summed E-state index contributed by atoms with van der Waals surface area (Å²) in [4.78, 5) is 42.0. The molecule has 0 atom stereocenters. The van der Waals surface area contributed by atoms with Crippen molar-refractivity contribution in [3.05, 3.63) is 58.0 Å². The number of aromatic nitrogens is 2. The lowest BCUT2D eigenvalue weighted by Gasteiger charge is -2.09. The molecular weight excluding hydrogens is 368 g/mol. The van der Waals surface area contributed by atoms with E-state index in [-0.39, 0.29) is 18.7 Å². The molecule has 0 aliphatic rings. The number of amides is 2. The molecule has 3 rings (SSSR count). The van der Waals surface area contributed by atoms with E-state index in [4.69, 9.17) is 4.74 Å². The van der Waals surface area contributed by atoms with Crippen LogP contribution in [0.25, 0.3) is 10.2 Å². The van der Waals surface area contributed by atoms with Crippen LogP contribution in [-0.2, 0) is 16.0 Å². The second-order valence-corrected chi connectivity index (χ2v) is 6.73. The Hall–Kier alpha value is -3.20. The van der Waals surface area contributed by atoms with E-state index in [1.165, 1.54) is 17.7 Å². The van der Waals surface area contributed by atoms with Gasteiger partial charge in [0.25, 0.3) is 17.4 Å². The van der Waals surface area contributed by atoms with E-state index in [1.54, 1.807) is 30.3 Å². The molecule has 0 aliphatic carbocycles. The zero-order valence-corrected chi connectivity index (χ0v) is 15.4. The van der Waals surface area contributed by atoms with Gasteiger partial charge in [-0.1, -0.05) is 25.1 Å². The zero-order chi connectivity index (χ0) is 19.2. The van der Waals surface area contributed by atoms with Gasteiger partial charge in [0.15, 0.2) is 6.61 Å². The Balaban J connectivity index is 1.53. The molecule has 0 spiro atoms. The van der Waals surface area contributed by atoms with Crippen molar-refractivity contribution in [1.82, 2.24) is 15.0 Å². The minimum absolute atomic E-state index is 0.209. The Bertz CT molecular complexity index is 1010. The number of rotatable bonds is 7. The normalized spacial score (nSPS) is 10.6. The molecule has 1 aromatic carbocycles. The Morgan fingerprint density at radius 3 is 2.74 bits per heavy atom. The van der Waals surface area contributed by atoms with E-state index in [0.717, 1.165) is 16.0 Å². The van der Waals surface area contributed by atoms with E-state index in [0.29, 0.717) is 16.0 Å². The molecule has 2 amide bonds. The van der Waals surface area contributed by atoms with Gasteiger partial charge >= 0.3 is 0 Å². The number of hydrogen-bond acceptors (Lipinski definition) is 6. The number of carbonyl (C=O) groups excluding carboxylic acids is 2. The number of fused-ring (bicyclic) bond motifs is 1. The van der Waals surface area contributed by atoms with E-state index in [2.05, 4.69) is 15.7 Å². The van der Waals surface area contributed by atoms with E-state index in [9.17, 15) is 14.4 Å². The summed E-state index contributed by atoms with van der Waals surface area (Å²) >= 11 is 1.45. The number of carbonyl (C=O) groups is 2. The predicted molar refractivity (Wildman–Crippen MR) is 103 cm³/mol. The van der Waals surface area contributed by atoms with Crippen LogP contribution in [0, 0.1) is 0 Å². The van der Waals surface area contributed by atoms with Gasteiger partial charge in [0.05, 0.1) is 11.9 Å². The molecule has 2 N–H and O–H groups in total. The van der Waals surface area contributed by atoms with Gasteiger partial charge < -0.3 is 10.1 Å². The van der Waals surface area contributed by atoms with Crippen molar-refractivity contribution in [2.45, 2.75) is 13.3 Å². The van der Waals surface area contributed by atoms with Crippen LogP contribution < -0.4 is 21.0 Å². The number of para-hydroxylation sites is 1. The molecule has 9 heteroatoms. The summed E-state index contributed by atoms with van der Waals surface area (Å²) in [5.41, 5.74) is 2.05. The van der Waals surface area contributed by atoms with Crippen molar-refractivity contribution in [2.24, 2.45) is 0 Å². The number of benzene rings is 1. The average Bonchev–Trinajstić information content (AvgIpc) is 3.12. The molecule has 0 saturated heterocycles. The SMILES string of the molecule is CCc1cc2c(=O)n(NC(=O)CNC(=O)COc3ccccc3)cnc2s1. The molecule has 27 heavy (non-hydrogen) atoms. The predicted octanol–water partition coefficient (Wildman–Crippen LogP) is 1.29. The number of ether oxygens (including phenoxy) is 1. The van der Waals surface area contributed by atoms with Crippen LogP contribution in [-0.4, -0.2) is 34.6 Å². The maximum Gasteiger partial charge on any atom is 0.280 e. The molecule has 0 bridgehead atoms. The van der Waals surface area contributed by atoms with Crippen molar-refractivity contribution in [3.63, 3.8) is 0 Å². The molecule has 140 valence electrons. The third-order valence-electron chi connectivity index (χ3n) is 3.66.